The average molecular weight is 606 g/mol. The summed E-state index contributed by atoms with van der Waals surface area (Å²) in [5, 5.41) is 0. The minimum absolute atomic E-state index is 0.000308. The molecule has 0 aromatic rings. The lowest BCUT2D eigenvalue weighted by Crippen LogP contribution is -3.10. The predicted molar refractivity (Wildman–Crippen MR) is 160 cm³/mol. The molecule has 0 bridgehead atoms. The molecule has 1 fully saturated rings. The van der Waals surface area contributed by atoms with Gasteiger partial charge in [-0.2, -0.15) is 0 Å². The molecule has 1 heterocycles. The van der Waals surface area contributed by atoms with Crippen LogP contribution in [0.5, 0.6) is 0 Å². The lowest BCUT2D eigenvalue weighted by atomic mass is 10.0. The van der Waals surface area contributed by atoms with E-state index < -0.39 is 26.5 Å². The van der Waals surface area contributed by atoms with Gasteiger partial charge in [-0.1, -0.05) is 103 Å². The number of Topliss-reactive ketones (excluding diaryl/α,β-unsaturated/α-hetero) is 1. The summed E-state index contributed by atoms with van der Waals surface area (Å²) in [4.78, 5) is 36.7. The predicted octanol–water partition coefficient (Wildman–Crippen LogP) is 5.34. The largest absolute Gasteiger partial charge is 0.756 e. The van der Waals surface area contributed by atoms with Crippen LogP contribution in [0.3, 0.4) is 0 Å². The fourth-order valence-electron chi connectivity index (χ4n) is 5.15. The van der Waals surface area contributed by atoms with Crippen LogP contribution in [-0.2, 0) is 32.7 Å². The maximum Gasteiger partial charge on any atom is 0.313 e. The van der Waals surface area contributed by atoms with Crippen LogP contribution in [0.15, 0.2) is 0 Å². The van der Waals surface area contributed by atoms with E-state index in [4.69, 9.17) is 18.5 Å². The van der Waals surface area contributed by atoms with Crippen LogP contribution in [0.1, 0.15) is 136 Å². The SMILES string of the molecule is CCCCCCCCCCCCCCCCCCOCC(COP(=O)([O-])OCC[NH+]1CCCC1)OC(=O)CC(C)=O. The Hall–Kier alpha value is -0.830. The Morgan fingerprint density at radius 1 is 0.756 bits per heavy atom. The number of ketones is 1. The molecule has 0 aliphatic carbocycles. The number of phosphoric ester groups is 1. The average Bonchev–Trinajstić information content (AvgIpc) is 3.44. The third-order valence-electron chi connectivity index (χ3n) is 7.57. The summed E-state index contributed by atoms with van der Waals surface area (Å²) in [6.07, 6.45) is 21.7. The third-order valence-corrected chi connectivity index (χ3v) is 8.54. The smallest absolute Gasteiger partial charge is 0.313 e. The number of ether oxygens (including phenoxy) is 2. The molecule has 41 heavy (non-hydrogen) atoms. The standard InChI is InChI=1S/C31H60NO8P/c1-3-4-5-6-7-8-9-10-11-12-13-14-15-16-17-20-24-37-27-30(40-31(34)26-29(2)33)28-39-41(35,36)38-25-23-32-21-18-19-22-32/h30H,3-28H2,1-2H3,(H,35,36). The van der Waals surface area contributed by atoms with Crippen molar-refractivity contribution in [2.45, 2.75) is 142 Å². The van der Waals surface area contributed by atoms with Gasteiger partial charge in [0.2, 0.25) is 0 Å². The van der Waals surface area contributed by atoms with Gasteiger partial charge in [0.1, 0.15) is 31.5 Å². The van der Waals surface area contributed by atoms with E-state index in [0.29, 0.717) is 13.2 Å². The number of quaternary nitrogens is 1. The highest BCUT2D eigenvalue weighted by Gasteiger charge is 2.21. The first kappa shape index (κ1) is 38.2. The summed E-state index contributed by atoms with van der Waals surface area (Å²) in [6.45, 7) is 6.36. The number of esters is 1. The van der Waals surface area contributed by atoms with Gasteiger partial charge in [0.25, 0.3) is 7.82 Å². The molecule has 0 aromatic heterocycles. The number of hydrogen-bond donors (Lipinski definition) is 1. The molecule has 242 valence electrons. The van der Waals surface area contributed by atoms with Gasteiger partial charge in [-0.15, -0.1) is 0 Å². The molecule has 1 N–H and O–H groups in total. The summed E-state index contributed by atoms with van der Waals surface area (Å²) in [7, 11) is -4.53. The molecule has 2 atom stereocenters. The molecule has 0 amide bonds. The van der Waals surface area contributed by atoms with E-state index in [1.165, 1.54) is 95.3 Å². The van der Waals surface area contributed by atoms with Gasteiger partial charge >= 0.3 is 5.97 Å². The molecule has 0 spiro atoms. The lowest BCUT2D eigenvalue weighted by Gasteiger charge is -2.26. The van der Waals surface area contributed by atoms with Crippen LogP contribution < -0.4 is 9.79 Å². The van der Waals surface area contributed by atoms with Crippen LogP contribution in [-0.4, -0.2) is 63.9 Å². The molecule has 0 radical (unpaired) electrons. The van der Waals surface area contributed by atoms with E-state index >= 15 is 0 Å². The highest BCUT2D eigenvalue weighted by Crippen LogP contribution is 2.38. The summed E-state index contributed by atoms with van der Waals surface area (Å²) >= 11 is 0. The van der Waals surface area contributed by atoms with Gasteiger partial charge < -0.3 is 28.3 Å². The van der Waals surface area contributed by atoms with Crippen LogP contribution in [0.4, 0.5) is 0 Å². The maximum atomic E-state index is 12.2. The van der Waals surface area contributed by atoms with Gasteiger partial charge in [-0.05, 0) is 13.3 Å². The van der Waals surface area contributed by atoms with Crippen molar-refractivity contribution in [1.29, 1.82) is 0 Å². The highest BCUT2D eigenvalue weighted by molar-refractivity contribution is 7.45. The topological polar surface area (TPSA) is 116 Å². The number of nitrogens with one attached hydrogen (secondary N) is 1. The zero-order valence-corrected chi connectivity index (χ0v) is 27.1. The molecule has 2 unspecified atom stereocenters. The van der Waals surface area contributed by atoms with Crippen molar-refractivity contribution in [2.75, 3.05) is 46.1 Å². The molecule has 1 saturated heterocycles. The lowest BCUT2D eigenvalue weighted by molar-refractivity contribution is -0.887. The molecule has 0 saturated carbocycles. The third kappa shape index (κ3) is 24.3. The highest BCUT2D eigenvalue weighted by atomic mass is 31.2. The molecular weight excluding hydrogens is 545 g/mol. The number of rotatable bonds is 29. The van der Waals surface area contributed by atoms with Gasteiger partial charge in [-0.3, -0.25) is 14.2 Å². The normalized spacial score (nSPS) is 16.1. The molecule has 9 nitrogen and oxygen atoms in total. The number of hydrogen-bond acceptors (Lipinski definition) is 8. The van der Waals surface area contributed by atoms with E-state index in [0.717, 1.165) is 45.2 Å². The summed E-state index contributed by atoms with van der Waals surface area (Å²) in [5.74, 6) is -1.05. The van der Waals surface area contributed by atoms with Gasteiger partial charge in [0.05, 0.1) is 26.3 Å². The van der Waals surface area contributed by atoms with Crippen LogP contribution in [0, 0.1) is 0 Å². The molecule has 0 aromatic carbocycles. The number of carbonyl (C=O) groups excluding carboxylic acids is 2. The van der Waals surface area contributed by atoms with Crippen molar-refractivity contribution in [2.24, 2.45) is 0 Å². The Morgan fingerprint density at radius 2 is 1.27 bits per heavy atom. The van der Waals surface area contributed by atoms with Crippen molar-refractivity contribution in [3.63, 3.8) is 0 Å². The number of unbranched alkanes of at least 4 members (excludes halogenated alkanes) is 15. The molecule has 1 aliphatic rings. The monoisotopic (exact) mass is 605 g/mol. The Balaban J connectivity index is 2.10. The zero-order valence-electron chi connectivity index (χ0n) is 26.2. The Morgan fingerprint density at radius 3 is 1.78 bits per heavy atom. The van der Waals surface area contributed by atoms with E-state index in [1.54, 1.807) is 0 Å². The Bertz CT molecular complexity index is 702. The summed E-state index contributed by atoms with van der Waals surface area (Å²) in [5.41, 5.74) is 0. The van der Waals surface area contributed by atoms with Gasteiger partial charge in [0, 0.05) is 19.4 Å². The number of carbonyl (C=O) groups is 2. The van der Waals surface area contributed by atoms with Crippen LogP contribution in [0.2, 0.25) is 0 Å². The van der Waals surface area contributed by atoms with Crippen molar-refractivity contribution in [3.05, 3.63) is 0 Å². The van der Waals surface area contributed by atoms with Crippen molar-refractivity contribution >= 4 is 19.6 Å². The minimum atomic E-state index is -4.53. The van der Waals surface area contributed by atoms with Gasteiger partial charge in [-0.25, -0.2) is 0 Å². The fourth-order valence-corrected chi connectivity index (χ4v) is 5.89. The van der Waals surface area contributed by atoms with Crippen molar-refractivity contribution in [3.8, 4) is 0 Å². The fraction of sp³-hybridized carbons (Fsp3) is 0.935. The van der Waals surface area contributed by atoms with Gasteiger partial charge in [0.15, 0.2) is 0 Å². The number of likely N-dealkylation sites (tertiary alicyclic amines) is 1. The van der Waals surface area contributed by atoms with E-state index in [9.17, 15) is 19.0 Å². The first-order chi connectivity index (χ1) is 19.8. The molecule has 1 aliphatic heterocycles. The van der Waals surface area contributed by atoms with Crippen LogP contribution in [0.25, 0.3) is 0 Å². The molecule has 10 heteroatoms. The van der Waals surface area contributed by atoms with Crippen LogP contribution >= 0.6 is 7.82 Å². The second-order valence-corrected chi connectivity index (χ2v) is 13.1. The summed E-state index contributed by atoms with van der Waals surface area (Å²) in [6, 6.07) is 0. The summed E-state index contributed by atoms with van der Waals surface area (Å²) < 4.78 is 33.0. The Kier molecular flexibility index (Phi) is 23.9. The second kappa shape index (κ2) is 25.6. The van der Waals surface area contributed by atoms with Crippen molar-refractivity contribution < 1.29 is 42.5 Å². The van der Waals surface area contributed by atoms with E-state index in [2.05, 4.69) is 6.92 Å². The first-order valence-electron chi connectivity index (χ1n) is 16.5. The van der Waals surface area contributed by atoms with Crippen molar-refractivity contribution in [1.82, 2.24) is 0 Å². The zero-order chi connectivity index (χ0) is 30.0. The quantitative estimate of drug-likeness (QED) is 0.0526. The van der Waals surface area contributed by atoms with E-state index in [1.807, 2.05) is 0 Å². The van der Waals surface area contributed by atoms with E-state index in [-0.39, 0.29) is 25.4 Å². The second-order valence-electron chi connectivity index (χ2n) is 11.7. The molecule has 1 rings (SSSR count). The molecular formula is C31H60NO8P. The maximum absolute atomic E-state index is 12.2. The minimum Gasteiger partial charge on any atom is -0.756 e. The number of phosphoric acid groups is 1. The Labute approximate surface area is 250 Å². The first-order valence-corrected chi connectivity index (χ1v) is 18.0.